The van der Waals surface area contributed by atoms with E-state index in [1.165, 1.54) is 0 Å². The molecule has 0 saturated carbocycles. The standard InChI is InChI=1S/C20H22Cl2N2O2/c1-24-10-8-17(9-11-24)26-16-5-2-14(3-6-16)13-23-20(25)18-7-4-15(21)12-19(18)22/h2-7,12,17H,8-11,13H2,1H3,(H,23,25). The third kappa shape index (κ3) is 5.13. The number of ether oxygens (including phenoxy) is 1. The minimum Gasteiger partial charge on any atom is -0.490 e. The topological polar surface area (TPSA) is 41.6 Å². The van der Waals surface area contributed by atoms with Gasteiger partial charge in [-0.1, -0.05) is 35.3 Å². The molecule has 1 aliphatic rings. The molecule has 4 nitrogen and oxygen atoms in total. The van der Waals surface area contributed by atoms with Crippen LogP contribution in [0.15, 0.2) is 42.5 Å². The number of rotatable bonds is 5. The van der Waals surface area contributed by atoms with Crippen LogP contribution in [0, 0.1) is 0 Å². The van der Waals surface area contributed by atoms with Gasteiger partial charge in [-0.2, -0.15) is 0 Å². The molecule has 1 saturated heterocycles. The van der Waals surface area contributed by atoms with Gasteiger partial charge in [-0.3, -0.25) is 4.79 Å². The normalized spacial score (nSPS) is 15.7. The predicted molar refractivity (Wildman–Crippen MR) is 105 cm³/mol. The number of nitrogens with zero attached hydrogens (tertiary/aromatic N) is 1. The fourth-order valence-corrected chi connectivity index (χ4v) is 3.43. The first-order chi connectivity index (χ1) is 12.5. The molecule has 1 aliphatic heterocycles. The first kappa shape index (κ1) is 19.0. The van der Waals surface area contributed by atoms with Crippen molar-refractivity contribution in [2.45, 2.75) is 25.5 Å². The monoisotopic (exact) mass is 392 g/mol. The molecule has 3 rings (SSSR count). The highest BCUT2D eigenvalue weighted by Gasteiger charge is 2.18. The summed E-state index contributed by atoms with van der Waals surface area (Å²) in [4.78, 5) is 14.6. The molecule has 0 radical (unpaired) electrons. The Morgan fingerprint density at radius 1 is 1.15 bits per heavy atom. The number of likely N-dealkylation sites (tertiary alicyclic amines) is 1. The molecule has 0 spiro atoms. The van der Waals surface area contributed by atoms with Crippen LogP contribution < -0.4 is 10.1 Å². The summed E-state index contributed by atoms with van der Waals surface area (Å²) in [6.07, 6.45) is 2.38. The van der Waals surface area contributed by atoms with Gasteiger partial charge in [0.1, 0.15) is 11.9 Å². The molecule has 26 heavy (non-hydrogen) atoms. The largest absolute Gasteiger partial charge is 0.490 e. The summed E-state index contributed by atoms with van der Waals surface area (Å²) in [6, 6.07) is 12.7. The molecule has 2 aromatic carbocycles. The fraction of sp³-hybridized carbons (Fsp3) is 0.350. The van der Waals surface area contributed by atoms with Crippen molar-refractivity contribution in [1.29, 1.82) is 0 Å². The Bertz CT molecular complexity index is 757. The van der Waals surface area contributed by atoms with Crippen LogP contribution in [0.4, 0.5) is 0 Å². The Kier molecular flexibility index (Phi) is 6.41. The SMILES string of the molecule is CN1CCC(Oc2ccc(CNC(=O)c3ccc(Cl)cc3Cl)cc2)CC1. The van der Waals surface area contributed by atoms with Crippen molar-refractivity contribution >= 4 is 29.1 Å². The lowest BCUT2D eigenvalue weighted by molar-refractivity contribution is 0.0951. The highest BCUT2D eigenvalue weighted by atomic mass is 35.5. The highest BCUT2D eigenvalue weighted by molar-refractivity contribution is 6.36. The molecule has 0 atom stereocenters. The number of halogens is 2. The number of benzene rings is 2. The maximum Gasteiger partial charge on any atom is 0.253 e. The third-order valence-electron chi connectivity index (χ3n) is 4.52. The van der Waals surface area contributed by atoms with E-state index in [0.29, 0.717) is 22.2 Å². The summed E-state index contributed by atoms with van der Waals surface area (Å²) in [5.41, 5.74) is 1.41. The molecule has 1 heterocycles. The van der Waals surface area contributed by atoms with Gasteiger partial charge in [0.15, 0.2) is 0 Å². The highest BCUT2D eigenvalue weighted by Crippen LogP contribution is 2.21. The molecular weight excluding hydrogens is 371 g/mol. The van der Waals surface area contributed by atoms with E-state index in [9.17, 15) is 4.79 Å². The second kappa shape index (κ2) is 8.76. The summed E-state index contributed by atoms with van der Waals surface area (Å²) in [5, 5.41) is 3.72. The minimum atomic E-state index is -0.224. The van der Waals surface area contributed by atoms with E-state index in [1.54, 1.807) is 18.2 Å². The number of nitrogens with one attached hydrogen (secondary N) is 1. The van der Waals surface area contributed by atoms with Crippen molar-refractivity contribution < 1.29 is 9.53 Å². The van der Waals surface area contributed by atoms with Crippen LogP contribution in [-0.2, 0) is 6.54 Å². The maximum atomic E-state index is 12.2. The Balaban J connectivity index is 1.52. The molecule has 1 N–H and O–H groups in total. The molecule has 0 unspecified atom stereocenters. The van der Waals surface area contributed by atoms with Crippen LogP contribution in [-0.4, -0.2) is 37.0 Å². The van der Waals surface area contributed by atoms with Crippen molar-refractivity contribution in [3.63, 3.8) is 0 Å². The van der Waals surface area contributed by atoms with E-state index in [-0.39, 0.29) is 12.0 Å². The van der Waals surface area contributed by atoms with Crippen molar-refractivity contribution in [3.8, 4) is 5.75 Å². The maximum absolute atomic E-state index is 12.2. The quantitative estimate of drug-likeness (QED) is 0.819. The Morgan fingerprint density at radius 2 is 1.85 bits per heavy atom. The van der Waals surface area contributed by atoms with Gasteiger partial charge in [-0.25, -0.2) is 0 Å². The summed E-state index contributed by atoms with van der Waals surface area (Å²) < 4.78 is 6.04. The molecule has 0 bridgehead atoms. The van der Waals surface area contributed by atoms with Gasteiger partial charge in [-0.15, -0.1) is 0 Å². The van der Waals surface area contributed by atoms with Crippen molar-refractivity contribution in [2.75, 3.05) is 20.1 Å². The van der Waals surface area contributed by atoms with Crippen LogP contribution in [0.3, 0.4) is 0 Å². The van der Waals surface area contributed by atoms with Crippen LogP contribution in [0.25, 0.3) is 0 Å². The van der Waals surface area contributed by atoms with Crippen LogP contribution in [0.5, 0.6) is 5.75 Å². The number of carbonyl (C=O) groups is 1. The van der Waals surface area contributed by atoms with Gasteiger partial charge in [0, 0.05) is 24.7 Å². The molecule has 6 heteroatoms. The van der Waals surface area contributed by atoms with Crippen molar-refractivity contribution in [1.82, 2.24) is 10.2 Å². The molecule has 138 valence electrons. The van der Waals surface area contributed by atoms with Gasteiger partial charge >= 0.3 is 0 Å². The van der Waals surface area contributed by atoms with E-state index in [2.05, 4.69) is 17.3 Å². The zero-order chi connectivity index (χ0) is 18.5. The Morgan fingerprint density at radius 3 is 2.50 bits per heavy atom. The lowest BCUT2D eigenvalue weighted by Crippen LogP contribution is -2.35. The molecule has 0 aromatic heterocycles. The summed E-state index contributed by atoms with van der Waals surface area (Å²) >= 11 is 11.9. The number of hydrogen-bond donors (Lipinski definition) is 1. The van der Waals surface area contributed by atoms with Crippen molar-refractivity contribution in [2.24, 2.45) is 0 Å². The molecule has 1 amide bonds. The summed E-state index contributed by atoms with van der Waals surface area (Å²) in [6.45, 7) is 2.57. The van der Waals surface area contributed by atoms with Crippen LogP contribution in [0.1, 0.15) is 28.8 Å². The van der Waals surface area contributed by atoms with Crippen LogP contribution >= 0.6 is 23.2 Å². The smallest absolute Gasteiger partial charge is 0.253 e. The van der Waals surface area contributed by atoms with Gasteiger partial charge in [0.2, 0.25) is 0 Å². The average molecular weight is 393 g/mol. The second-order valence-corrected chi connectivity index (χ2v) is 7.41. The zero-order valence-corrected chi connectivity index (χ0v) is 16.2. The third-order valence-corrected chi connectivity index (χ3v) is 5.07. The lowest BCUT2D eigenvalue weighted by atomic mass is 10.1. The fourth-order valence-electron chi connectivity index (χ4n) is 2.93. The predicted octanol–water partition coefficient (Wildman–Crippen LogP) is 4.40. The van der Waals surface area contributed by atoms with Crippen molar-refractivity contribution in [3.05, 3.63) is 63.6 Å². The first-order valence-electron chi connectivity index (χ1n) is 8.68. The first-order valence-corrected chi connectivity index (χ1v) is 9.44. The van der Waals surface area contributed by atoms with Gasteiger partial charge in [0.05, 0.1) is 10.6 Å². The van der Waals surface area contributed by atoms with Gasteiger partial charge in [0.25, 0.3) is 5.91 Å². The number of piperidine rings is 1. The Hall–Kier alpha value is -1.75. The minimum absolute atomic E-state index is 0.224. The molecule has 2 aromatic rings. The van der Waals surface area contributed by atoms with Gasteiger partial charge < -0.3 is 15.0 Å². The molecule has 1 fully saturated rings. The zero-order valence-electron chi connectivity index (χ0n) is 14.7. The second-order valence-electron chi connectivity index (χ2n) is 6.57. The van der Waals surface area contributed by atoms with E-state index in [0.717, 1.165) is 37.2 Å². The van der Waals surface area contributed by atoms with Crippen LogP contribution in [0.2, 0.25) is 10.0 Å². The number of hydrogen-bond acceptors (Lipinski definition) is 3. The molecular formula is C20H22Cl2N2O2. The lowest BCUT2D eigenvalue weighted by Gasteiger charge is -2.29. The summed E-state index contributed by atoms with van der Waals surface area (Å²) in [5.74, 6) is 0.647. The van der Waals surface area contributed by atoms with E-state index < -0.39 is 0 Å². The van der Waals surface area contributed by atoms with Gasteiger partial charge in [-0.05, 0) is 55.8 Å². The summed E-state index contributed by atoms with van der Waals surface area (Å²) in [7, 11) is 2.14. The van der Waals surface area contributed by atoms with E-state index >= 15 is 0 Å². The molecule has 0 aliphatic carbocycles. The Labute approximate surface area is 164 Å². The van der Waals surface area contributed by atoms with E-state index in [4.69, 9.17) is 27.9 Å². The van der Waals surface area contributed by atoms with E-state index in [1.807, 2.05) is 24.3 Å². The average Bonchev–Trinajstić information content (AvgIpc) is 2.63. The number of amides is 1. The number of carbonyl (C=O) groups excluding carboxylic acids is 1.